The number of carbonyl (C=O) groups is 2. The van der Waals surface area contributed by atoms with Gasteiger partial charge in [-0.2, -0.15) is 0 Å². The lowest BCUT2D eigenvalue weighted by Crippen LogP contribution is -2.53. The second-order valence-electron chi connectivity index (χ2n) is 10.5. The monoisotopic (exact) mass is 475 g/mol. The Morgan fingerprint density at radius 3 is 2.39 bits per heavy atom. The Hall–Kier alpha value is -1.63. The summed E-state index contributed by atoms with van der Waals surface area (Å²) in [5, 5.41) is 13.4. The van der Waals surface area contributed by atoms with Crippen molar-refractivity contribution in [3.05, 3.63) is 28.3 Å². The average molecular weight is 476 g/mol. The largest absolute Gasteiger partial charge is 0.393 e. The van der Waals surface area contributed by atoms with Gasteiger partial charge < -0.3 is 15.3 Å². The smallest absolute Gasteiger partial charge is 0.224 e. The van der Waals surface area contributed by atoms with Crippen LogP contribution in [0.25, 0.3) is 0 Å². The van der Waals surface area contributed by atoms with E-state index in [9.17, 15) is 14.7 Å². The van der Waals surface area contributed by atoms with Crippen molar-refractivity contribution in [2.45, 2.75) is 83.9 Å². The lowest BCUT2D eigenvalue weighted by atomic mass is 9.85. The van der Waals surface area contributed by atoms with Crippen molar-refractivity contribution in [2.75, 3.05) is 25.0 Å². The fourth-order valence-corrected chi connectivity index (χ4v) is 5.56. The van der Waals surface area contributed by atoms with Gasteiger partial charge in [0, 0.05) is 55.8 Å². The van der Waals surface area contributed by atoms with Gasteiger partial charge in [0.25, 0.3) is 0 Å². The molecule has 0 bridgehead atoms. The maximum absolute atomic E-state index is 12.7. The second kappa shape index (κ2) is 10.7. The number of carbonyl (C=O) groups excluding carboxylic acids is 2. The molecule has 182 valence electrons. The summed E-state index contributed by atoms with van der Waals surface area (Å²) in [5.41, 5.74) is 2.94. The number of piperazine rings is 1. The van der Waals surface area contributed by atoms with Crippen LogP contribution in [0.4, 0.5) is 5.69 Å². The topological polar surface area (TPSA) is 72.9 Å². The number of anilines is 1. The minimum absolute atomic E-state index is 0.0177. The molecule has 1 aromatic carbocycles. The first kappa shape index (κ1) is 24.5. The van der Waals surface area contributed by atoms with Crippen LogP contribution in [-0.2, 0) is 16.1 Å². The molecule has 2 aliphatic carbocycles. The molecule has 1 atom stereocenters. The van der Waals surface area contributed by atoms with Gasteiger partial charge in [-0.1, -0.05) is 11.6 Å². The Balaban J connectivity index is 1.33. The zero-order valence-electron chi connectivity index (χ0n) is 20.0. The lowest BCUT2D eigenvalue weighted by Gasteiger charge is -2.40. The fraction of sp³-hybridized carbons (Fsp3) is 0.692. The van der Waals surface area contributed by atoms with Gasteiger partial charge in [-0.15, -0.1) is 0 Å². The Morgan fingerprint density at radius 2 is 1.73 bits per heavy atom. The summed E-state index contributed by atoms with van der Waals surface area (Å²) in [6.07, 6.45) is 6.79. The molecule has 0 spiro atoms. The van der Waals surface area contributed by atoms with E-state index in [0.29, 0.717) is 35.6 Å². The normalized spacial score (nSPS) is 26.3. The first-order chi connectivity index (χ1) is 15.8. The number of amides is 2. The van der Waals surface area contributed by atoms with Crippen LogP contribution in [0.15, 0.2) is 12.1 Å². The van der Waals surface area contributed by atoms with Crippen molar-refractivity contribution < 1.29 is 14.7 Å². The number of aliphatic hydroxyl groups is 1. The minimum atomic E-state index is -0.206. The number of rotatable bonds is 7. The first-order valence-electron chi connectivity index (χ1n) is 12.6. The van der Waals surface area contributed by atoms with Gasteiger partial charge in [0.2, 0.25) is 11.8 Å². The number of nitrogens with zero attached hydrogens (tertiary/aromatic N) is 2. The van der Waals surface area contributed by atoms with Crippen LogP contribution < -0.4 is 5.32 Å². The van der Waals surface area contributed by atoms with Crippen molar-refractivity contribution in [1.82, 2.24) is 9.80 Å². The highest BCUT2D eigenvalue weighted by Crippen LogP contribution is 2.34. The molecule has 1 heterocycles. The maximum Gasteiger partial charge on any atom is 0.224 e. The highest BCUT2D eigenvalue weighted by Gasteiger charge is 2.32. The zero-order valence-corrected chi connectivity index (χ0v) is 20.7. The quantitative estimate of drug-likeness (QED) is 0.614. The van der Waals surface area contributed by atoms with Crippen molar-refractivity contribution in [3.63, 3.8) is 0 Å². The Bertz CT molecular complexity index is 865. The van der Waals surface area contributed by atoms with E-state index in [1.807, 2.05) is 19.1 Å². The molecule has 1 aliphatic heterocycles. The van der Waals surface area contributed by atoms with Gasteiger partial charge >= 0.3 is 0 Å². The molecule has 1 aromatic rings. The molecule has 0 unspecified atom stereocenters. The molecule has 2 amide bonds. The van der Waals surface area contributed by atoms with Crippen LogP contribution in [0.3, 0.4) is 0 Å². The van der Waals surface area contributed by atoms with E-state index in [4.69, 9.17) is 11.6 Å². The molecule has 4 rings (SSSR count). The number of halogens is 1. The third kappa shape index (κ3) is 6.71. The molecule has 0 radical (unpaired) electrons. The molecule has 6 nitrogen and oxygen atoms in total. The molecule has 2 N–H and O–H groups in total. The molecule has 3 fully saturated rings. The molecular formula is C26H38ClN3O3. The highest BCUT2D eigenvalue weighted by molar-refractivity contribution is 6.31. The van der Waals surface area contributed by atoms with Crippen LogP contribution in [0.5, 0.6) is 0 Å². The number of hydrogen-bond donors (Lipinski definition) is 2. The van der Waals surface area contributed by atoms with Crippen LogP contribution in [0.1, 0.15) is 69.4 Å². The maximum atomic E-state index is 12.7. The molecule has 0 aromatic heterocycles. The van der Waals surface area contributed by atoms with E-state index in [2.05, 4.69) is 22.0 Å². The van der Waals surface area contributed by atoms with E-state index in [1.54, 1.807) is 0 Å². The summed E-state index contributed by atoms with van der Waals surface area (Å²) in [6.45, 7) is 7.39. The molecule has 1 saturated heterocycles. The van der Waals surface area contributed by atoms with Crippen molar-refractivity contribution in [1.29, 1.82) is 0 Å². The van der Waals surface area contributed by atoms with Crippen molar-refractivity contribution >= 4 is 29.1 Å². The molecule has 3 aliphatic rings. The van der Waals surface area contributed by atoms with Crippen LogP contribution >= 0.6 is 11.6 Å². The van der Waals surface area contributed by atoms with Crippen LogP contribution in [0, 0.1) is 18.8 Å². The van der Waals surface area contributed by atoms with Gasteiger partial charge in [-0.25, -0.2) is 0 Å². The Kier molecular flexibility index (Phi) is 7.98. The van der Waals surface area contributed by atoms with Gasteiger partial charge in [-0.3, -0.25) is 14.5 Å². The number of hydrogen-bond acceptors (Lipinski definition) is 4. The average Bonchev–Trinajstić information content (AvgIpc) is 3.57. The van der Waals surface area contributed by atoms with E-state index >= 15 is 0 Å². The van der Waals surface area contributed by atoms with Crippen LogP contribution in [0.2, 0.25) is 5.02 Å². The Morgan fingerprint density at radius 1 is 1.06 bits per heavy atom. The van der Waals surface area contributed by atoms with Crippen LogP contribution in [-0.4, -0.2) is 58.5 Å². The molecular weight excluding hydrogens is 438 g/mol. The third-order valence-corrected chi connectivity index (χ3v) is 7.85. The lowest BCUT2D eigenvalue weighted by molar-refractivity contribution is -0.136. The van der Waals surface area contributed by atoms with E-state index in [-0.39, 0.29) is 18.1 Å². The second-order valence-corrected chi connectivity index (χ2v) is 10.9. The van der Waals surface area contributed by atoms with E-state index in [1.165, 1.54) is 12.8 Å². The minimum Gasteiger partial charge on any atom is -0.393 e. The van der Waals surface area contributed by atoms with Crippen molar-refractivity contribution in [2.24, 2.45) is 11.8 Å². The van der Waals surface area contributed by atoms with Gasteiger partial charge in [0.1, 0.15) is 0 Å². The number of nitrogens with one attached hydrogen (secondary N) is 1. The third-order valence-electron chi connectivity index (χ3n) is 7.63. The van der Waals surface area contributed by atoms with Gasteiger partial charge in [0.05, 0.1) is 6.10 Å². The summed E-state index contributed by atoms with van der Waals surface area (Å²) < 4.78 is 0. The van der Waals surface area contributed by atoms with Crippen molar-refractivity contribution in [3.8, 4) is 0 Å². The zero-order chi connectivity index (χ0) is 23.5. The molecule has 33 heavy (non-hydrogen) atoms. The van der Waals surface area contributed by atoms with E-state index in [0.717, 1.165) is 68.7 Å². The highest BCUT2D eigenvalue weighted by atomic mass is 35.5. The predicted molar refractivity (Wildman–Crippen MR) is 131 cm³/mol. The van der Waals surface area contributed by atoms with Gasteiger partial charge in [0.15, 0.2) is 0 Å². The summed E-state index contributed by atoms with van der Waals surface area (Å²) in [4.78, 5) is 29.7. The standard InChI is InChI=1S/C26H38ClN3O3/c1-17-15-29(9-10-30(17)26(33)12-20-3-4-20)16-21-13-22(27)14-24(18(21)2)28-25(32)11-19-5-7-23(31)8-6-19/h13-14,17,19-20,23,31H,3-12,15-16H2,1-2H3,(H,28,32)/t17-,19-,23-/m0/s1. The summed E-state index contributed by atoms with van der Waals surface area (Å²) in [5.74, 6) is 1.29. The Labute approximate surface area is 202 Å². The predicted octanol–water partition coefficient (Wildman–Crippen LogP) is 4.36. The summed E-state index contributed by atoms with van der Waals surface area (Å²) in [7, 11) is 0. The molecule has 7 heteroatoms. The van der Waals surface area contributed by atoms with Gasteiger partial charge in [-0.05, 0) is 87.5 Å². The molecule has 2 saturated carbocycles. The summed E-state index contributed by atoms with van der Waals surface area (Å²) in [6, 6.07) is 4.03. The number of aliphatic hydroxyl groups excluding tert-OH is 1. The SMILES string of the molecule is Cc1c(CN2CCN(C(=O)CC3CC3)[C@@H](C)C2)cc(Cl)cc1NC(=O)C[C@H]1CC[C@H](O)CC1. The summed E-state index contributed by atoms with van der Waals surface area (Å²) >= 11 is 6.43. The number of benzene rings is 1. The first-order valence-corrected chi connectivity index (χ1v) is 12.9. The fourth-order valence-electron chi connectivity index (χ4n) is 5.32. The van der Waals surface area contributed by atoms with E-state index < -0.39 is 0 Å².